The molecule has 0 fully saturated rings. The number of nitrogens with zero attached hydrogens (tertiary/aromatic N) is 4. The van der Waals surface area contributed by atoms with E-state index in [-0.39, 0.29) is 0 Å². The van der Waals surface area contributed by atoms with Gasteiger partial charge in [-0.05, 0) is 79.9 Å². The highest BCUT2D eigenvalue weighted by molar-refractivity contribution is 7.99. The molecular weight excluding hydrogens is 749 g/mol. The van der Waals surface area contributed by atoms with Crippen LogP contribution in [0.4, 0.5) is 0 Å². The first kappa shape index (κ1) is 34.6. The van der Waals surface area contributed by atoms with Crippen LogP contribution in [-0.4, -0.2) is 19.9 Å². The lowest BCUT2D eigenvalue weighted by molar-refractivity contribution is 0.722. The van der Waals surface area contributed by atoms with Gasteiger partial charge in [0, 0.05) is 38.1 Å². The summed E-state index contributed by atoms with van der Waals surface area (Å²) in [4.78, 5) is 22.8. The summed E-state index contributed by atoms with van der Waals surface area (Å²) in [6.07, 6.45) is 1.90. The maximum atomic E-state index is 5.31. The van der Waals surface area contributed by atoms with Crippen molar-refractivity contribution in [3.05, 3.63) is 229 Å². The fraction of sp³-hybridized carbons (Fsp3) is 0.0182. The average Bonchev–Trinajstić information content (AvgIpc) is 3.63. The molecule has 1 spiro atoms. The van der Waals surface area contributed by atoms with E-state index in [9.17, 15) is 0 Å². The number of rotatable bonds is 5. The first-order valence-electron chi connectivity index (χ1n) is 20.2. The molecule has 1 aliphatic carbocycles. The summed E-state index contributed by atoms with van der Waals surface area (Å²) in [6.45, 7) is 0. The van der Waals surface area contributed by atoms with Crippen molar-refractivity contribution in [3.63, 3.8) is 0 Å². The second-order valence-corrected chi connectivity index (χ2v) is 16.4. The fourth-order valence-corrected chi connectivity index (χ4v) is 10.7. The van der Waals surface area contributed by atoms with Crippen LogP contribution < -0.4 is 0 Å². The summed E-state index contributed by atoms with van der Waals surface area (Å²) in [6, 6.07) is 71.4. The monoisotopic (exact) mass is 782 g/mol. The van der Waals surface area contributed by atoms with Crippen LogP contribution in [0.25, 0.3) is 78.4 Å². The Morgan fingerprint density at radius 1 is 0.333 bits per heavy atom. The van der Waals surface area contributed by atoms with Crippen molar-refractivity contribution < 1.29 is 0 Å². The molecule has 12 rings (SSSR count). The van der Waals surface area contributed by atoms with Crippen LogP contribution >= 0.6 is 11.8 Å². The highest BCUT2D eigenvalue weighted by atomic mass is 32.2. The van der Waals surface area contributed by atoms with E-state index in [0.29, 0.717) is 17.5 Å². The molecule has 280 valence electrons. The molecule has 0 saturated heterocycles. The van der Waals surface area contributed by atoms with Crippen LogP contribution in [0.1, 0.15) is 22.3 Å². The second kappa shape index (κ2) is 13.8. The molecule has 0 unspecified atom stereocenters. The summed E-state index contributed by atoms with van der Waals surface area (Å²) in [5.74, 6) is 1.92. The topological polar surface area (TPSA) is 51.6 Å². The van der Waals surface area contributed by atoms with Crippen LogP contribution in [0, 0.1) is 0 Å². The van der Waals surface area contributed by atoms with Crippen molar-refractivity contribution in [2.75, 3.05) is 0 Å². The summed E-state index contributed by atoms with van der Waals surface area (Å²) >= 11 is 1.86. The fourth-order valence-electron chi connectivity index (χ4n) is 9.52. The minimum absolute atomic E-state index is 0.581. The van der Waals surface area contributed by atoms with Gasteiger partial charge in [-0.25, -0.2) is 15.0 Å². The molecule has 0 saturated carbocycles. The van der Waals surface area contributed by atoms with Gasteiger partial charge >= 0.3 is 0 Å². The molecule has 10 aromatic rings. The third-order valence-electron chi connectivity index (χ3n) is 12.1. The third-order valence-corrected chi connectivity index (χ3v) is 13.2. The van der Waals surface area contributed by atoms with Gasteiger partial charge in [0.05, 0.1) is 10.9 Å². The minimum atomic E-state index is -0.581. The van der Waals surface area contributed by atoms with Gasteiger partial charge in [0.1, 0.15) is 0 Å². The molecule has 3 heterocycles. The van der Waals surface area contributed by atoms with Crippen molar-refractivity contribution in [1.82, 2.24) is 19.9 Å². The van der Waals surface area contributed by atoms with Gasteiger partial charge in [-0.15, -0.1) is 0 Å². The Bertz CT molecular complexity index is 3180. The summed E-state index contributed by atoms with van der Waals surface area (Å²) in [7, 11) is 0. The van der Waals surface area contributed by atoms with Crippen molar-refractivity contribution in [2.45, 2.75) is 15.2 Å². The van der Waals surface area contributed by atoms with Crippen LogP contribution in [0.5, 0.6) is 0 Å². The second-order valence-electron chi connectivity index (χ2n) is 15.3. The molecule has 8 aromatic carbocycles. The lowest BCUT2D eigenvalue weighted by atomic mass is 9.67. The van der Waals surface area contributed by atoms with E-state index in [2.05, 4.69) is 163 Å². The van der Waals surface area contributed by atoms with Crippen molar-refractivity contribution in [3.8, 4) is 67.5 Å². The molecule has 0 amide bonds. The lowest BCUT2D eigenvalue weighted by Crippen LogP contribution is -2.31. The maximum Gasteiger partial charge on any atom is 0.164 e. The van der Waals surface area contributed by atoms with Gasteiger partial charge in [-0.2, -0.15) is 0 Å². The number of benzene rings is 8. The standard InChI is InChI=1S/C55H34N4S/c1-3-15-37(16-4-1)52-57-53(38-17-5-2-6-18-38)59-54(58-52)42-21-14-25-46-51(42)50-40(36-31-29-35(30-32-36)39-33-34-56-47-26-10-7-19-41(39)47)20-13-24-45(50)55(46)43-22-8-11-27-48(43)60-49-28-12-9-23-44(49)55/h1-34H. The normalized spacial score (nSPS) is 13.1. The Hall–Kier alpha value is -7.47. The van der Waals surface area contributed by atoms with Gasteiger partial charge in [-0.3, -0.25) is 4.98 Å². The number of para-hydroxylation sites is 1. The average molecular weight is 783 g/mol. The Morgan fingerprint density at radius 3 is 1.45 bits per heavy atom. The van der Waals surface area contributed by atoms with Crippen LogP contribution in [0.15, 0.2) is 216 Å². The van der Waals surface area contributed by atoms with E-state index in [1.165, 1.54) is 43.2 Å². The van der Waals surface area contributed by atoms with Gasteiger partial charge in [0.2, 0.25) is 0 Å². The number of pyridine rings is 1. The van der Waals surface area contributed by atoms with Crippen molar-refractivity contribution in [1.29, 1.82) is 0 Å². The molecule has 0 N–H and O–H groups in total. The zero-order chi connectivity index (χ0) is 39.6. The summed E-state index contributed by atoms with van der Waals surface area (Å²) < 4.78 is 0. The Morgan fingerprint density at radius 2 is 0.817 bits per heavy atom. The maximum absolute atomic E-state index is 5.31. The molecule has 2 aromatic heterocycles. The van der Waals surface area contributed by atoms with Crippen LogP contribution in [0.3, 0.4) is 0 Å². The quantitative estimate of drug-likeness (QED) is 0.174. The SMILES string of the molecule is c1ccc(-c2nc(-c3ccccc3)nc(-c3cccc4c3-c3c(-c5ccc(-c6ccnc7ccccc67)cc5)cccc3C43c4ccccc4Sc4ccccc43)n2)cc1. The van der Waals surface area contributed by atoms with Crippen molar-refractivity contribution >= 4 is 22.7 Å². The predicted octanol–water partition coefficient (Wildman–Crippen LogP) is 13.6. The molecule has 0 bridgehead atoms. The molecule has 0 atom stereocenters. The van der Waals surface area contributed by atoms with E-state index in [0.717, 1.165) is 49.8 Å². The number of aromatic nitrogens is 4. The first-order valence-corrected chi connectivity index (χ1v) is 21.0. The zero-order valence-corrected chi connectivity index (χ0v) is 33.1. The van der Waals surface area contributed by atoms with Crippen molar-refractivity contribution in [2.24, 2.45) is 0 Å². The van der Waals surface area contributed by atoms with Crippen LogP contribution in [0.2, 0.25) is 0 Å². The van der Waals surface area contributed by atoms with Crippen LogP contribution in [-0.2, 0) is 5.41 Å². The summed E-state index contributed by atoms with van der Waals surface area (Å²) in [5.41, 5.74) is 15.3. The molecule has 0 radical (unpaired) electrons. The smallest absolute Gasteiger partial charge is 0.164 e. The number of hydrogen-bond donors (Lipinski definition) is 0. The van der Waals surface area contributed by atoms with E-state index >= 15 is 0 Å². The lowest BCUT2D eigenvalue weighted by Gasteiger charge is -2.39. The van der Waals surface area contributed by atoms with Gasteiger partial charge in [0.15, 0.2) is 17.5 Å². The first-order chi connectivity index (χ1) is 29.8. The summed E-state index contributed by atoms with van der Waals surface area (Å²) in [5, 5.41) is 1.14. The van der Waals surface area contributed by atoms with E-state index < -0.39 is 5.41 Å². The van der Waals surface area contributed by atoms with Gasteiger partial charge < -0.3 is 0 Å². The molecular formula is C55H34N4S. The van der Waals surface area contributed by atoms with Gasteiger partial charge in [-0.1, -0.05) is 188 Å². The Kier molecular flexibility index (Phi) is 7.97. The van der Waals surface area contributed by atoms with Gasteiger partial charge in [0.25, 0.3) is 0 Å². The molecule has 2 aliphatic rings. The highest BCUT2D eigenvalue weighted by Crippen LogP contribution is 2.64. The highest BCUT2D eigenvalue weighted by Gasteiger charge is 2.51. The van der Waals surface area contributed by atoms with E-state index in [1.807, 2.05) is 60.4 Å². The molecule has 1 aliphatic heterocycles. The minimum Gasteiger partial charge on any atom is -0.256 e. The largest absolute Gasteiger partial charge is 0.256 e. The molecule has 60 heavy (non-hydrogen) atoms. The molecule has 5 heteroatoms. The van der Waals surface area contributed by atoms with E-state index in [1.54, 1.807) is 0 Å². The predicted molar refractivity (Wildman–Crippen MR) is 244 cm³/mol. The van der Waals surface area contributed by atoms with E-state index in [4.69, 9.17) is 15.0 Å². The third kappa shape index (κ3) is 5.26. The number of fused-ring (bicyclic) bond motifs is 10. The number of hydrogen-bond acceptors (Lipinski definition) is 5. The Labute approximate surface area is 352 Å². The molecule has 4 nitrogen and oxygen atoms in total. The zero-order valence-electron chi connectivity index (χ0n) is 32.3. The Balaban J connectivity index is 1.15.